The number of carbonyl (C=O) groups excluding carboxylic acids is 1. The van der Waals surface area contributed by atoms with E-state index >= 15 is 0 Å². The molecule has 15 heavy (non-hydrogen) atoms. The topological polar surface area (TPSA) is 41.1 Å². The normalized spacial score (nSPS) is 20.5. The molecule has 1 fully saturated rings. The lowest BCUT2D eigenvalue weighted by atomic mass is 10.2. The first-order valence-electron chi connectivity index (χ1n) is 4.94. The summed E-state index contributed by atoms with van der Waals surface area (Å²) < 4.78 is 1.04. The Bertz CT molecular complexity index is 352. The van der Waals surface area contributed by atoms with Gasteiger partial charge < -0.3 is 10.6 Å². The van der Waals surface area contributed by atoms with Crippen molar-refractivity contribution in [3.05, 3.63) is 20.3 Å². The lowest BCUT2D eigenvalue weighted by Gasteiger charge is -2.09. The average molecular weight is 289 g/mol. The number of nitrogens with one attached hydrogen (secondary N) is 2. The van der Waals surface area contributed by atoms with Gasteiger partial charge in [-0.3, -0.25) is 4.79 Å². The molecule has 1 unspecified atom stereocenters. The Morgan fingerprint density at radius 1 is 1.73 bits per heavy atom. The van der Waals surface area contributed by atoms with Crippen LogP contribution in [0.4, 0.5) is 0 Å². The zero-order chi connectivity index (χ0) is 10.8. The molecule has 1 aromatic rings. The van der Waals surface area contributed by atoms with Crippen LogP contribution >= 0.6 is 27.3 Å². The Hall–Kier alpha value is -0.390. The van der Waals surface area contributed by atoms with Crippen LogP contribution in [0.15, 0.2) is 9.85 Å². The highest BCUT2D eigenvalue weighted by atomic mass is 79.9. The number of thiophene rings is 1. The fraction of sp³-hybridized carbons (Fsp3) is 0.500. The number of aryl methyl sites for hydroxylation is 1. The van der Waals surface area contributed by atoms with E-state index in [0.717, 1.165) is 33.7 Å². The molecule has 0 aliphatic carbocycles. The highest BCUT2D eigenvalue weighted by molar-refractivity contribution is 9.11. The molecule has 5 heteroatoms. The zero-order valence-corrected chi connectivity index (χ0v) is 10.9. The second kappa shape index (κ2) is 4.63. The van der Waals surface area contributed by atoms with Gasteiger partial charge >= 0.3 is 0 Å². The number of halogens is 1. The predicted molar refractivity (Wildman–Crippen MR) is 65.5 cm³/mol. The summed E-state index contributed by atoms with van der Waals surface area (Å²) in [7, 11) is 0. The number of hydrogen-bond acceptors (Lipinski definition) is 3. The quantitative estimate of drug-likeness (QED) is 0.873. The second-order valence-electron chi connectivity index (χ2n) is 3.73. The van der Waals surface area contributed by atoms with Crippen molar-refractivity contribution in [2.75, 3.05) is 13.1 Å². The van der Waals surface area contributed by atoms with E-state index in [1.54, 1.807) is 0 Å². The largest absolute Gasteiger partial charge is 0.347 e. The molecule has 3 nitrogen and oxygen atoms in total. The van der Waals surface area contributed by atoms with Gasteiger partial charge in [0, 0.05) is 12.6 Å². The maximum Gasteiger partial charge on any atom is 0.261 e. The van der Waals surface area contributed by atoms with Gasteiger partial charge in [-0.15, -0.1) is 11.3 Å². The average Bonchev–Trinajstić information content (AvgIpc) is 2.78. The van der Waals surface area contributed by atoms with Gasteiger partial charge in [0.05, 0.1) is 8.66 Å². The third-order valence-corrected chi connectivity index (χ3v) is 4.61. The van der Waals surface area contributed by atoms with Gasteiger partial charge in [0.2, 0.25) is 0 Å². The Labute approximate surface area is 101 Å². The van der Waals surface area contributed by atoms with Crippen molar-refractivity contribution >= 4 is 33.2 Å². The number of rotatable bonds is 2. The summed E-state index contributed by atoms with van der Waals surface area (Å²) in [5.41, 5.74) is 1.12. The summed E-state index contributed by atoms with van der Waals surface area (Å²) in [6, 6.07) is 2.21. The summed E-state index contributed by atoms with van der Waals surface area (Å²) in [4.78, 5) is 12.6. The highest BCUT2D eigenvalue weighted by Gasteiger charge is 2.18. The Morgan fingerprint density at radius 2 is 2.53 bits per heavy atom. The van der Waals surface area contributed by atoms with Crippen molar-refractivity contribution in [1.82, 2.24) is 10.6 Å². The molecule has 0 aromatic carbocycles. The molecule has 82 valence electrons. The first-order chi connectivity index (χ1) is 7.16. The van der Waals surface area contributed by atoms with Crippen molar-refractivity contribution in [2.24, 2.45) is 0 Å². The molecule has 1 amide bonds. The van der Waals surface area contributed by atoms with Gasteiger partial charge in [-0.05, 0) is 47.4 Å². The number of amides is 1. The molecule has 0 saturated carbocycles. The second-order valence-corrected chi connectivity index (χ2v) is 6.10. The van der Waals surface area contributed by atoms with Gasteiger partial charge in [0.1, 0.15) is 0 Å². The molecule has 1 aromatic heterocycles. The third-order valence-electron chi connectivity index (χ3n) is 2.48. The first-order valence-corrected chi connectivity index (χ1v) is 6.55. The van der Waals surface area contributed by atoms with E-state index in [-0.39, 0.29) is 5.91 Å². The molecular formula is C10H13BrN2OS. The van der Waals surface area contributed by atoms with E-state index in [2.05, 4.69) is 26.6 Å². The lowest BCUT2D eigenvalue weighted by Crippen LogP contribution is -2.35. The van der Waals surface area contributed by atoms with Crippen LogP contribution in [0.3, 0.4) is 0 Å². The smallest absolute Gasteiger partial charge is 0.261 e. The lowest BCUT2D eigenvalue weighted by molar-refractivity contribution is 0.0944. The number of hydrogen-bond donors (Lipinski definition) is 2. The van der Waals surface area contributed by atoms with E-state index in [1.165, 1.54) is 11.3 Å². The molecule has 2 N–H and O–H groups in total. The summed E-state index contributed by atoms with van der Waals surface area (Å²) in [5, 5.41) is 6.25. The third kappa shape index (κ3) is 2.59. The Morgan fingerprint density at radius 3 is 3.07 bits per heavy atom. The Kier molecular flexibility index (Phi) is 3.43. The van der Waals surface area contributed by atoms with Crippen LogP contribution in [0.5, 0.6) is 0 Å². The molecule has 1 atom stereocenters. The van der Waals surface area contributed by atoms with Crippen LogP contribution < -0.4 is 10.6 Å². The number of carbonyl (C=O) groups is 1. The van der Waals surface area contributed by atoms with Crippen LogP contribution in [0, 0.1) is 6.92 Å². The molecule has 0 radical (unpaired) electrons. The fourth-order valence-electron chi connectivity index (χ4n) is 1.61. The van der Waals surface area contributed by atoms with Crippen molar-refractivity contribution < 1.29 is 4.79 Å². The van der Waals surface area contributed by atoms with Crippen LogP contribution in [0.1, 0.15) is 21.7 Å². The van der Waals surface area contributed by atoms with Crippen molar-refractivity contribution in [2.45, 2.75) is 19.4 Å². The first kappa shape index (κ1) is 11.1. The molecule has 1 aliphatic heterocycles. The summed E-state index contributed by atoms with van der Waals surface area (Å²) in [6.45, 7) is 3.88. The minimum absolute atomic E-state index is 0.0440. The highest BCUT2D eigenvalue weighted by Crippen LogP contribution is 2.27. The molecule has 1 saturated heterocycles. The summed E-state index contributed by atoms with van der Waals surface area (Å²) in [6.07, 6.45) is 1.03. The summed E-state index contributed by atoms with van der Waals surface area (Å²) in [5.74, 6) is 0.0440. The van der Waals surface area contributed by atoms with Crippen molar-refractivity contribution in [1.29, 1.82) is 0 Å². The van der Waals surface area contributed by atoms with Crippen LogP contribution in [-0.4, -0.2) is 25.0 Å². The minimum Gasteiger partial charge on any atom is -0.347 e. The van der Waals surface area contributed by atoms with Gasteiger partial charge in [0.25, 0.3) is 5.91 Å². The summed E-state index contributed by atoms with van der Waals surface area (Å²) >= 11 is 4.91. The van der Waals surface area contributed by atoms with Crippen molar-refractivity contribution in [3.63, 3.8) is 0 Å². The van der Waals surface area contributed by atoms with E-state index in [1.807, 2.05) is 13.0 Å². The molecule has 2 rings (SSSR count). The molecule has 0 bridgehead atoms. The van der Waals surface area contributed by atoms with Gasteiger partial charge in [-0.25, -0.2) is 0 Å². The maximum atomic E-state index is 11.8. The van der Waals surface area contributed by atoms with E-state index in [0.29, 0.717) is 6.04 Å². The molecule has 0 spiro atoms. The van der Waals surface area contributed by atoms with Crippen LogP contribution in [-0.2, 0) is 0 Å². The van der Waals surface area contributed by atoms with E-state index < -0.39 is 0 Å². The van der Waals surface area contributed by atoms with Gasteiger partial charge in [-0.2, -0.15) is 0 Å². The monoisotopic (exact) mass is 288 g/mol. The maximum absolute atomic E-state index is 11.8. The molecular weight excluding hydrogens is 276 g/mol. The fourth-order valence-corrected chi connectivity index (χ4v) is 3.04. The van der Waals surface area contributed by atoms with Crippen LogP contribution in [0.25, 0.3) is 0 Å². The van der Waals surface area contributed by atoms with Gasteiger partial charge in [0.15, 0.2) is 0 Å². The predicted octanol–water partition coefficient (Wildman–Crippen LogP) is 1.91. The van der Waals surface area contributed by atoms with Crippen molar-refractivity contribution in [3.8, 4) is 0 Å². The van der Waals surface area contributed by atoms with Gasteiger partial charge in [-0.1, -0.05) is 0 Å². The van der Waals surface area contributed by atoms with Crippen LogP contribution in [0.2, 0.25) is 0 Å². The zero-order valence-electron chi connectivity index (χ0n) is 8.47. The SMILES string of the molecule is Cc1cc(C(=O)NC2CCNC2)sc1Br. The standard InChI is InChI=1S/C10H13BrN2OS/c1-6-4-8(15-9(6)11)10(14)13-7-2-3-12-5-7/h4,7,12H,2-3,5H2,1H3,(H,13,14). The van der Waals surface area contributed by atoms with E-state index in [9.17, 15) is 4.79 Å². The van der Waals surface area contributed by atoms with E-state index in [4.69, 9.17) is 0 Å². The Balaban J connectivity index is 2.00. The minimum atomic E-state index is 0.0440. The molecule has 1 aliphatic rings. The molecule has 2 heterocycles.